The number of nitrogen functional groups attached to an aromatic ring is 1. The lowest BCUT2D eigenvalue weighted by Crippen LogP contribution is -2.14. The van der Waals surface area contributed by atoms with Gasteiger partial charge in [-0.2, -0.15) is 13.2 Å². The van der Waals surface area contributed by atoms with Crippen LogP contribution in [0.15, 0.2) is 6.07 Å². The summed E-state index contributed by atoms with van der Waals surface area (Å²) in [6.07, 6.45) is -7.75. The molecule has 16 heavy (non-hydrogen) atoms. The standard InChI is InChI=1S/C8H6ClF5N2/c9-2-3-1-4(6(10)11)7(15)16-5(3)8(12,13)14/h1,6H,2H2,(H2,15,16). The lowest BCUT2D eigenvalue weighted by Gasteiger charge is -2.13. The number of pyridine rings is 1. The molecule has 2 nitrogen and oxygen atoms in total. The first-order valence-electron chi connectivity index (χ1n) is 3.98. The first-order valence-corrected chi connectivity index (χ1v) is 4.51. The van der Waals surface area contributed by atoms with Crippen LogP contribution in [-0.4, -0.2) is 4.98 Å². The quantitative estimate of drug-likeness (QED) is 0.654. The molecule has 0 aliphatic heterocycles. The number of aromatic nitrogens is 1. The van der Waals surface area contributed by atoms with Crippen molar-refractivity contribution >= 4 is 17.4 Å². The third kappa shape index (κ3) is 2.52. The van der Waals surface area contributed by atoms with Crippen LogP contribution in [0.4, 0.5) is 27.8 Å². The fourth-order valence-electron chi connectivity index (χ4n) is 1.11. The topological polar surface area (TPSA) is 38.9 Å². The number of hydrogen-bond donors (Lipinski definition) is 1. The first-order chi connectivity index (χ1) is 7.27. The maximum absolute atomic E-state index is 12.4. The molecular weight excluding hydrogens is 255 g/mol. The monoisotopic (exact) mass is 260 g/mol. The molecule has 0 aliphatic rings. The molecule has 2 N–H and O–H groups in total. The molecule has 0 atom stereocenters. The molecule has 0 bridgehead atoms. The fourth-order valence-corrected chi connectivity index (χ4v) is 1.31. The summed E-state index contributed by atoms with van der Waals surface area (Å²) in [4.78, 5) is 2.92. The van der Waals surface area contributed by atoms with Crippen molar-refractivity contribution in [3.05, 3.63) is 22.9 Å². The molecular formula is C8H6ClF5N2. The van der Waals surface area contributed by atoms with Gasteiger partial charge in [0.2, 0.25) is 0 Å². The van der Waals surface area contributed by atoms with Crippen LogP contribution in [0.1, 0.15) is 23.2 Å². The van der Waals surface area contributed by atoms with Gasteiger partial charge in [-0.15, -0.1) is 11.6 Å². The lowest BCUT2D eigenvalue weighted by molar-refractivity contribution is -0.141. The Labute approximate surface area is 92.2 Å². The maximum Gasteiger partial charge on any atom is 0.433 e. The summed E-state index contributed by atoms with van der Waals surface area (Å²) in [5.41, 5.74) is 2.42. The summed E-state index contributed by atoms with van der Waals surface area (Å²) in [5, 5.41) is 0. The van der Waals surface area contributed by atoms with Gasteiger partial charge in [0.1, 0.15) is 5.82 Å². The van der Waals surface area contributed by atoms with Crippen LogP contribution in [-0.2, 0) is 12.1 Å². The van der Waals surface area contributed by atoms with Gasteiger partial charge in [0.15, 0.2) is 5.69 Å². The van der Waals surface area contributed by atoms with Gasteiger partial charge in [-0.3, -0.25) is 0 Å². The summed E-state index contributed by atoms with van der Waals surface area (Å²) < 4.78 is 61.8. The van der Waals surface area contributed by atoms with Crippen molar-refractivity contribution < 1.29 is 22.0 Å². The normalized spacial score (nSPS) is 12.2. The molecule has 0 saturated carbocycles. The predicted molar refractivity (Wildman–Crippen MR) is 48.2 cm³/mol. The van der Waals surface area contributed by atoms with E-state index in [0.717, 1.165) is 0 Å². The highest BCUT2D eigenvalue weighted by atomic mass is 35.5. The van der Waals surface area contributed by atoms with Crippen molar-refractivity contribution in [1.29, 1.82) is 0 Å². The maximum atomic E-state index is 12.4. The average Bonchev–Trinajstić information content (AvgIpc) is 2.15. The summed E-state index contributed by atoms with van der Waals surface area (Å²) in [6.45, 7) is 0. The molecule has 0 aromatic carbocycles. The summed E-state index contributed by atoms with van der Waals surface area (Å²) in [6, 6.07) is 0.628. The molecule has 0 spiro atoms. The second kappa shape index (κ2) is 4.40. The SMILES string of the molecule is Nc1nc(C(F)(F)F)c(CCl)cc1C(F)F. The van der Waals surface area contributed by atoms with Gasteiger partial charge in [0.05, 0.1) is 5.56 Å². The van der Waals surface area contributed by atoms with E-state index in [1.807, 2.05) is 0 Å². The van der Waals surface area contributed by atoms with E-state index in [2.05, 4.69) is 4.98 Å². The molecule has 1 aromatic heterocycles. The molecule has 0 fully saturated rings. The third-order valence-corrected chi connectivity index (χ3v) is 2.10. The highest BCUT2D eigenvalue weighted by molar-refractivity contribution is 6.17. The number of halogens is 6. The Hall–Kier alpha value is -1.11. The Morgan fingerprint density at radius 1 is 1.38 bits per heavy atom. The molecule has 1 aromatic rings. The van der Waals surface area contributed by atoms with Gasteiger partial charge < -0.3 is 5.73 Å². The highest BCUT2D eigenvalue weighted by Gasteiger charge is 2.36. The van der Waals surface area contributed by atoms with Crippen molar-refractivity contribution in [1.82, 2.24) is 4.98 Å². The van der Waals surface area contributed by atoms with Gasteiger partial charge in [-0.05, 0) is 11.6 Å². The van der Waals surface area contributed by atoms with E-state index in [1.54, 1.807) is 0 Å². The van der Waals surface area contributed by atoms with E-state index in [0.29, 0.717) is 6.07 Å². The van der Waals surface area contributed by atoms with Crippen molar-refractivity contribution in [2.45, 2.75) is 18.5 Å². The Morgan fingerprint density at radius 3 is 2.31 bits per heavy atom. The molecule has 1 rings (SSSR count). The predicted octanol–water partition coefficient (Wildman–Crippen LogP) is 3.36. The van der Waals surface area contributed by atoms with Crippen molar-refractivity contribution in [3.8, 4) is 0 Å². The number of rotatable bonds is 2. The number of anilines is 1. The average molecular weight is 261 g/mol. The molecule has 8 heteroatoms. The Kier molecular flexibility index (Phi) is 3.57. The van der Waals surface area contributed by atoms with E-state index in [9.17, 15) is 22.0 Å². The van der Waals surface area contributed by atoms with E-state index in [4.69, 9.17) is 17.3 Å². The van der Waals surface area contributed by atoms with Crippen LogP contribution < -0.4 is 5.73 Å². The second-order valence-electron chi connectivity index (χ2n) is 2.90. The number of alkyl halides is 6. The van der Waals surface area contributed by atoms with Crippen LogP contribution >= 0.6 is 11.6 Å². The third-order valence-electron chi connectivity index (χ3n) is 1.81. The van der Waals surface area contributed by atoms with Gasteiger partial charge in [-0.1, -0.05) is 0 Å². The summed E-state index contributed by atoms with van der Waals surface area (Å²) >= 11 is 5.24. The minimum absolute atomic E-state index is 0.515. The minimum atomic E-state index is -4.76. The molecule has 0 aliphatic carbocycles. The fraction of sp³-hybridized carbons (Fsp3) is 0.375. The molecule has 0 radical (unpaired) electrons. The Balaban J connectivity index is 3.38. The van der Waals surface area contributed by atoms with E-state index in [1.165, 1.54) is 0 Å². The smallest absolute Gasteiger partial charge is 0.383 e. The summed E-state index contributed by atoms with van der Waals surface area (Å²) in [5.74, 6) is -1.40. The van der Waals surface area contributed by atoms with Crippen molar-refractivity contribution in [2.75, 3.05) is 5.73 Å². The molecule has 0 unspecified atom stereocenters. The largest absolute Gasteiger partial charge is 0.433 e. The van der Waals surface area contributed by atoms with E-state index in [-0.39, 0.29) is 0 Å². The van der Waals surface area contributed by atoms with Crippen LogP contribution in [0.5, 0.6) is 0 Å². The summed E-state index contributed by atoms with van der Waals surface area (Å²) in [7, 11) is 0. The Morgan fingerprint density at radius 2 is 1.94 bits per heavy atom. The lowest BCUT2D eigenvalue weighted by atomic mass is 10.1. The Bertz CT molecular complexity index is 391. The highest BCUT2D eigenvalue weighted by Crippen LogP contribution is 2.35. The van der Waals surface area contributed by atoms with E-state index < -0.39 is 41.1 Å². The number of nitrogens with two attached hydrogens (primary N) is 1. The van der Waals surface area contributed by atoms with E-state index >= 15 is 0 Å². The minimum Gasteiger partial charge on any atom is -0.383 e. The number of nitrogens with zero attached hydrogens (tertiary/aromatic N) is 1. The molecule has 1 heterocycles. The zero-order valence-corrected chi connectivity index (χ0v) is 8.41. The van der Waals surface area contributed by atoms with Gasteiger partial charge in [-0.25, -0.2) is 13.8 Å². The van der Waals surface area contributed by atoms with Crippen LogP contribution in [0, 0.1) is 0 Å². The molecule has 0 saturated heterocycles. The second-order valence-corrected chi connectivity index (χ2v) is 3.17. The zero-order valence-electron chi connectivity index (χ0n) is 7.65. The van der Waals surface area contributed by atoms with Crippen molar-refractivity contribution in [3.63, 3.8) is 0 Å². The van der Waals surface area contributed by atoms with Gasteiger partial charge in [0, 0.05) is 5.88 Å². The first kappa shape index (κ1) is 13.0. The van der Waals surface area contributed by atoms with Gasteiger partial charge in [0.25, 0.3) is 6.43 Å². The van der Waals surface area contributed by atoms with Crippen molar-refractivity contribution in [2.24, 2.45) is 0 Å². The number of hydrogen-bond acceptors (Lipinski definition) is 2. The molecule has 90 valence electrons. The van der Waals surface area contributed by atoms with Gasteiger partial charge >= 0.3 is 6.18 Å². The zero-order chi connectivity index (χ0) is 12.5. The van der Waals surface area contributed by atoms with Crippen LogP contribution in [0.2, 0.25) is 0 Å². The van der Waals surface area contributed by atoms with Crippen LogP contribution in [0.3, 0.4) is 0 Å². The van der Waals surface area contributed by atoms with Crippen LogP contribution in [0.25, 0.3) is 0 Å². The molecule has 0 amide bonds.